The Morgan fingerprint density at radius 3 is 2.69 bits per heavy atom. The topological polar surface area (TPSA) is 90.5 Å². The van der Waals surface area contributed by atoms with Crippen LogP contribution in [0.3, 0.4) is 0 Å². The molecule has 3 heterocycles. The lowest BCUT2D eigenvalue weighted by Crippen LogP contribution is -2.40. The molecule has 1 unspecified atom stereocenters. The molecule has 1 aromatic carbocycles. The van der Waals surface area contributed by atoms with E-state index in [0.29, 0.717) is 25.3 Å². The van der Waals surface area contributed by atoms with Gasteiger partial charge in [0.15, 0.2) is 0 Å². The maximum atomic E-state index is 13.1. The molecule has 0 aliphatic carbocycles. The van der Waals surface area contributed by atoms with Crippen LogP contribution in [0.4, 0.5) is 15.9 Å². The van der Waals surface area contributed by atoms with Gasteiger partial charge < -0.3 is 15.5 Å². The summed E-state index contributed by atoms with van der Waals surface area (Å²) in [6, 6.07) is 5.77. The van der Waals surface area contributed by atoms with E-state index >= 15 is 0 Å². The number of carbonyl (C=O) groups is 2. The fourth-order valence-corrected chi connectivity index (χ4v) is 4.44. The fourth-order valence-electron chi connectivity index (χ4n) is 4.44. The number of hydrogen-bond acceptors (Lipinski definition) is 6. The zero-order valence-corrected chi connectivity index (χ0v) is 18.5. The number of carbonyl (C=O) groups excluding carboxylic acids is 2. The molecule has 2 aliphatic heterocycles. The number of nitrogens with zero attached hydrogens (tertiary/aromatic N) is 4. The molecular weight excluding hydrogens is 411 g/mol. The van der Waals surface area contributed by atoms with E-state index < -0.39 is 0 Å². The molecule has 0 saturated carbocycles. The van der Waals surface area contributed by atoms with Crippen molar-refractivity contribution in [3.8, 4) is 0 Å². The van der Waals surface area contributed by atoms with Crippen LogP contribution in [0.5, 0.6) is 0 Å². The number of anilines is 2. The van der Waals surface area contributed by atoms with Gasteiger partial charge in [0.25, 0.3) is 0 Å². The van der Waals surface area contributed by atoms with Gasteiger partial charge in [-0.05, 0) is 43.7 Å². The third-order valence-electron chi connectivity index (χ3n) is 6.13. The molecule has 1 fully saturated rings. The molecule has 2 aromatic rings. The second kappa shape index (κ2) is 9.60. The second-order valence-electron chi connectivity index (χ2n) is 8.43. The molecule has 2 amide bonds. The Kier molecular flexibility index (Phi) is 6.64. The van der Waals surface area contributed by atoms with Gasteiger partial charge in [-0.3, -0.25) is 14.5 Å². The van der Waals surface area contributed by atoms with E-state index in [9.17, 15) is 14.0 Å². The number of piperidine rings is 1. The van der Waals surface area contributed by atoms with Gasteiger partial charge in [0.1, 0.15) is 17.5 Å². The predicted molar refractivity (Wildman–Crippen MR) is 120 cm³/mol. The van der Waals surface area contributed by atoms with Gasteiger partial charge in [-0.25, -0.2) is 14.4 Å². The van der Waals surface area contributed by atoms with Crippen molar-refractivity contribution in [2.24, 2.45) is 0 Å². The van der Waals surface area contributed by atoms with E-state index in [1.807, 2.05) is 11.9 Å². The first-order valence-corrected chi connectivity index (χ1v) is 11.0. The monoisotopic (exact) mass is 440 g/mol. The average molecular weight is 441 g/mol. The van der Waals surface area contributed by atoms with Gasteiger partial charge in [0.05, 0.1) is 18.8 Å². The smallest absolute Gasteiger partial charge is 0.238 e. The number of amides is 2. The predicted octanol–water partition coefficient (Wildman–Crippen LogP) is 2.38. The minimum absolute atomic E-state index is 0.0589. The molecule has 1 atom stereocenters. The van der Waals surface area contributed by atoms with Crippen molar-refractivity contribution >= 4 is 23.3 Å². The average Bonchev–Trinajstić information content (AvgIpc) is 2.79. The lowest BCUT2D eigenvalue weighted by atomic mass is 9.96. The molecule has 0 radical (unpaired) electrons. The molecule has 1 saturated heterocycles. The second-order valence-corrected chi connectivity index (χ2v) is 8.43. The minimum atomic E-state index is -0.332. The molecule has 4 rings (SSSR count). The van der Waals surface area contributed by atoms with Gasteiger partial charge in [0.2, 0.25) is 11.8 Å². The maximum absolute atomic E-state index is 13.1. The summed E-state index contributed by atoms with van der Waals surface area (Å²) >= 11 is 0. The summed E-state index contributed by atoms with van der Waals surface area (Å²) in [6.45, 7) is 4.60. The van der Waals surface area contributed by atoms with E-state index in [0.717, 1.165) is 48.7 Å². The molecule has 1 aromatic heterocycles. The first-order chi connectivity index (χ1) is 15.4. The van der Waals surface area contributed by atoms with Gasteiger partial charge in [-0.15, -0.1) is 0 Å². The SMILES string of the molecule is CNc1nc(C2CCCN(CC(=O)Nc3ccc(F)cc3)C2)nc2c1CN(C(C)=O)CC2. The third-order valence-corrected chi connectivity index (χ3v) is 6.13. The molecular formula is C23H29FN6O2. The summed E-state index contributed by atoms with van der Waals surface area (Å²) < 4.78 is 13.1. The third kappa shape index (κ3) is 5.04. The Morgan fingerprint density at radius 1 is 1.19 bits per heavy atom. The lowest BCUT2D eigenvalue weighted by Gasteiger charge is -2.33. The number of halogens is 1. The van der Waals surface area contributed by atoms with Crippen molar-refractivity contribution in [1.29, 1.82) is 0 Å². The van der Waals surface area contributed by atoms with Gasteiger partial charge in [0, 0.05) is 50.7 Å². The van der Waals surface area contributed by atoms with Crippen molar-refractivity contribution < 1.29 is 14.0 Å². The van der Waals surface area contributed by atoms with E-state index in [2.05, 4.69) is 15.5 Å². The van der Waals surface area contributed by atoms with Gasteiger partial charge >= 0.3 is 0 Å². The molecule has 9 heteroatoms. The summed E-state index contributed by atoms with van der Waals surface area (Å²) in [7, 11) is 1.84. The van der Waals surface area contributed by atoms with Crippen molar-refractivity contribution in [3.05, 3.63) is 47.2 Å². The number of aromatic nitrogens is 2. The van der Waals surface area contributed by atoms with E-state index in [4.69, 9.17) is 9.97 Å². The highest BCUT2D eigenvalue weighted by molar-refractivity contribution is 5.92. The quantitative estimate of drug-likeness (QED) is 0.742. The Bertz CT molecular complexity index is 979. The number of rotatable bonds is 5. The van der Waals surface area contributed by atoms with Gasteiger partial charge in [-0.1, -0.05) is 0 Å². The number of nitrogens with one attached hydrogen (secondary N) is 2. The summed E-state index contributed by atoms with van der Waals surface area (Å²) in [6.07, 6.45) is 2.65. The molecule has 0 bridgehead atoms. The van der Waals surface area contributed by atoms with E-state index in [1.165, 1.54) is 12.1 Å². The molecule has 32 heavy (non-hydrogen) atoms. The Morgan fingerprint density at radius 2 is 1.97 bits per heavy atom. The Labute approximate surface area is 187 Å². The van der Waals surface area contributed by atoms with E-state index in [1.54, 1.807) is 19.1 Å². The van der Waals surface area contributed by atoms with Crippen LogP contribution in [0, 0.1) is 5.82 Å². The highest BCUT2D eigenvalue weighted by Crippen LogP contribution is 2.30. The summed E-state index contributed by atoms with van der Waals surface area (Å²) in [4.78, 5) is 37.9. The molecule has 2 N–H and O–H groups in total. The van der Waals surface area contributed by atoms with Crippen LogP contribution in [-0.2, 0) is 22.6 Å². The standard InChI is InChI=1S/C23H29FN6O2/c1-15(31)30-11-9-20-19(13-30)23(25-2)28-22(27-20)16-4-3-10-29(12-16)14-21(32)26-18-7-5-17(24)6-8-18/h5-8,16H,3-4,9-14H2,1-2H3,(H,26,32)(H,25,27,28). The van der Waals surface area contributed by atoms with Crippen molar-refractivity contribution in [2.75, 3.05) is 43.9 Å². The largest absolute Gasteiger partial charge is 0.373 e. The number of benzene rings is 1. The van der Waals surface area contributed by atoms with Crippen molar-refractivity contribution in [1.82, 2.24) is 19.8 Å². The molecule has 2 aliphatic rings. The molecule has 170 valence electrons. The van der Waals surface area contributed by atoms with Crippen LogP contribution < -0.4 is 10.6 Å². The summed E-state index contributed by atoms with van der Waals surface area (Å²) in [5.74, 6) is 1.33. The summed E-state index contributed by atoms with van der Waals surface area (Å²) in [5, 5.41) is 6.00. The Balaban J connectivity index is 1.43. The molecule has 8 nitrogen and oxygen atoms in total. The summed E-state index contributed by atoms with van der Waals surface area (Å²) in [5.41, 5.74) is 2.58. The van der Waals surface area contributed by atoms with Crippen molar-refractivity contribution in [2.45, 2.75) is 38.6 Å². The van der Waals surface area contributed by atoms with Crippen LogP contribution in [0.15, 0.2) is 24.3 Å². The van der Waals surface area contributed by atoms with Crippen LogP contribution >= 0.6 is 0 Å². The first kappa shape index (κ1) is 22.1. The van der Waals surface area contributed by atoms with Crippen LogP contribution in [0.2, 0.25) is 0 Å². The number of hydrogen-bond donors (Lipinski definition) is 2. The number of likely N-dealkylation sites (tertiary alicyclic amines) is 1. The first-order valence-electron chi connectivity index (χ1n) is 11.0. The van der Waals surface area contributed by atoms with E-state index in [-0.39, 0.29) is 30.1 Å². The van der Waals surface area contributed by atoms with Crippen LogP contribution in [0.25, 0.3) is 0 Å². The van der Waals surface area contributed by atoms with Crippen LogP contribution in [-0.4, -0.2) is 64.8 Å². The Hall–Kier alpha value is -3.07. The minimum Gasteiger partial charge on any atom is -0.373 e. The lowest BCUT2D eigenvalue weighted by molar-refractivity contribution is -0.129. The maximum Gasteiger partial charge on any atom is 0.238 e. The number of fused-ring (bicyclic) bond motifs is 1. The fraction of sp³-hybridized carbons (Fsp3) is 0.478. The zero-order valence-electron chi connectivity index (χ0n) is 18.5. The normalized spacial score (nSPS) is 18.7. The van der Waals surface area contributed by atoms with Crippen molar-refractivity contribution in [3.63, 3.8) is 0 Å². The van der Waals surface area contributed by atoms with Crippen LogP contribution in [0.1, 0.15) is 42.8 Å². The molecule has 0 spiro atoms. The highest BCUT2D eigenvalue weighted by Gasteiger charge is 2.29. The highest BCUT2D eigenvalue weighted by atomic mass is 19.1. The van der Waals surface area contributed by atoms with Gasteiger partial charge in [-0.2, -0.15) is 0 Å². The zero-order chi connectivity index (χ0) is 22.7.